The predicted molar refractivity (Wildman–Crippen MR) is 57.5 cm³/mol. The molecule has 0 aliphatic heterocycles. The first-order chi connectivity index (χ1) is 6.88. The normalized spacial score (nSPS) is 17.8. The Bertz CT molecular complexity index is 312. The summed E-state index contributed by atoms with van der Waals surface area (Å²) in [7, 11) is 0. The monoisotopic (exact) mass is 210 g/mol. The lowest BCUT2D eigenvalue weighted by atomic mass is 10.1. The summed E-state index contributed by atoms with van der Waals surface area (Å²) in [6, 6.07) is 0. The Balaban J connectivity index is 2.26. The molecule has 1 aliphatic rings. The molecule has 0 amide bonds. The fraction of sp³-hybridized carbons (Fsp3) is 0.636. The first-order valence-electron chi connectivity index (χ1n) is 5.36. The topological polar surface area (TPSA) is 25.8 Å². The fourth-order valence-corrected chi connectivity index (χ4v) is 2.26. The van der Waals surface area contributed by atoms with Crippen LogP contribution in [0.1, 0.15) is 43.4 Å². The molecular formula is C11H15ClN2. The molecule has 0 aromatic carbocycles. The van der Waals surface area contributed by atoms with Crippen molar-refractivity contribution in [1.82, 2.24) is 9.97 Å². The van der Waals surface area contributed by atoms with Gasteiger partial charge >= 0.3 is 0 Å². The number of rotatable bonds is 0. The Kier molecular flexibility index (Phi) is 3.35. The smallest absolute Gasteiger partial charge is 0.135 e. The van der Waals surface area contributed by atoms with Gasteiger partial charge in [0.25, 0.3) is 0 Å². The summed E-state index contributed by atoms with van der Waals surface area (Å²) in [6.07, 6.45) is 10.1. The van der Waals surface area contributed by atoms with Gasteiger partial charge in [-0.2, -0.15) is 0 Å². The minimum absolute atomic E-state index is 0.664. The van der Waals surface area contributed by atoms with Gasteiger partial charge in [-0.15, -0.1) is 0 Å². The summed E-state index contributed by atoms with van der Waals surface area (Å²) in [4.78, 5) is 8.38. The van der Waals surface area contributed by atoms with Crippen molar-refractivity contribution in [2.24, 2.45) is 0 Å². The van der Waals surface area contributed by atoms with Gasteiger partial charge in [0, 0.05) is 11.3 Å². The summed E-state index contributed by atoms with van der Waals surface area (Å²) in [6.45, 7) is 0. The Hall–Kier alpha value is -0.630. The van der Waals surface area contributed by atoms with Crippen LogP contribution in [0, 0.1) is 0 Å². The van der Waals surface area contributed by atoms with Crippen molar-refractivity contribution in [3.05, 3.63) is 22.7 Å². The molecule has 14 heavy (non-hydrogen) atoms. The van der Waals surface area contributed by atoms with E-state index in [2.05, 4.69) is 9.97 Å². The molecule has 1 heterocycles. The first kappa shape index (κ1) is 9.91. The molecule has 0 unspecified atom stereocenters. The molecule has 3 heteroatoms. The first-order valence-corrected chi connectivity index (χ1v) is 5.74. The number of aryl methyl sites for hydroxylation is 1. The van der Waals surface area contributed by atoms with Gasteiger partial charge < -0.3 is 0 Å². The van der Waals surface area contributed by atoms with Gasteiger partial charge in [0.15, 0.2) is 0 Å². The van der Waals surface area contributed by atoms with E-state index >= 15 is 0 Å². The number of hydrogen-bond donors (Lipinski definition) is 0. The lowest BCUT2D eigenvalue weighted by Gasteiger charge is -2.06. The molecule has 0 N–H and O–H groups in total. The van der Waals surface area contributed by atoms with E-state index < -0.39 is 0 Å². The zero-order valence-electron chi connectivity index (χ0n) is 8.30. The van der Waals surface area contributed by atoms with Gasteiger partial charge in [-0.1, -0.05) is 30.9 Å². The molecule has 1 aliphatic carbocycles. The zero-order chi connectivity index (χ0) is 9.80. The highest BCUT2D eigenvalue weighted by molar-refractivity contribution is 6.30. The maximum atomic E-state index is 6.07. The quantitative estimate of drug-likeness (QED) is 0.615. The van der Waals surface area contributed by atoms with Crippen molar-refractivity contribution >= 4 is 11.6 Å². The van der Waals surface area contributed by atoms with E-state index in [0.29, 0.717) is 5.15 Å². The second-order valence-electron chi connectivity index (χ2n) is 3.86. The molecule has 76 valence electrons. The van der Waals surface area contributed by atoms with Crippen molar-refractivity contribution < 1.29 is 0 Å². The molecule has 0 atom stereocenters. The Labute approximate surface area is 89.7 Å². The molecular weight excluding hydrogens is 196 g/mol. The summed E-state index contributed by atoms with van der Waals surface area (Å²) in [5, 5.41) is 0.664. The van der Waals surface area contributed by atoms with Crippen molar-refractivity contribution in [2.45, 2.75) is 44.9 Å². The van der Waals surface area contributed by atoms with Crippen molar-refractivity contribution in [1.29, 1.82) is 0 Å². The molecule has 0 bridgehead atoms. The lowest BCUT2D eigenvalue weighted by molar-refractivity contribution is 0.628. The second-order valence-corrected chi connectivity index (χ2v) is 4.22. The van der Waals surface area contributed by atoms with E-state index in [1.807, 2.05) is 0 Å². The number of aromatic nitrogens is 2. The third-order valence-corrected chi connectivity index (χ3v) is 3.15. The maximum Gasteiger partial charge on any atom is 0.135 e. The van der Waals surface area contributed by atoms with Crippen molar-refractivity contribution in [3.8, 4) is 0 Å². The minimum atomic E-state index is 0.664. The molecule has 0 spiro atoms. The number of halogens is 1. The largest absolute Gasteiger partial charge is 0.241 e. The summed E-state index contributed by atoms with van der Waals surface area (Å²) in [5.41, 5.74) is 2.36. The molecule has 2 nitrogen and oxygen atoms in total. The van der Waals surface area contributed by atoms with Crippen LogP contribution in [0.25, 0.3) is 0 Å². The second kappa shape index (κ2) is 4.74. The van der Waals surface area contributed by atoms with Crippen LogP contribution < -0.4 is 0 Å². The van der Waals surface area contributed by atoms with E-state index in [9.17, 15) is 0 Å². The Morgan fingerprint density at radius 1 is 0.929 bits per heavy atom. The Morgan fingerprint density at radius 2 is 1.64 bits per heavy atom. The van der Waals surface area contributed by atoms with Crippen molar-refractivity contribution in [3.63, 3.8) is 0 Å². The van der Waals surface area contributed by atoms with Crippen LogP contribution in [0.3, 0.4) is 0 Å². The van der Waals surface area contributed by atoms with E-state index in [-0.39, 0.29) is 0 Å². The standard InChI is InChI=1S/C11H15ClN2/c12-11-9-6-4-2-1-3-5-7-10(9)13-8-14-11/h8H,1-7H2. The van der Waals surface area contributed by atoms with Gasteiger partial charge in [-0.25, -0.2) is 9.97 Å². The Morgan fingerprint density at radius 3 is 2.50 bits per heavy atom. The SMILES string of the molecule is Clc1ncnc2c1CCCCCCC2. The zero-order valence-corrected chi connectivity index (χ0v) is 9.06. The number of nitrogens with zero attached hydrogens (tertiary/aromatic N) is 2. The molecule has 0 fully saturated rings. The maximum absolute atomic E-state index is 6.07. The van der Waals surface area contributed by atoms with Crippen molar-refractivity contribution in [2.75, 3.05) is 0 Å². The van der Waals surface area contributed by atoms with Crippen LogP contribution in [0.4, 0.5) is 0 Å². The molecule has 1 aromatic rings. The molecule has 1 aromatic heterocycles. The van der Waals surface area contributed by atoms with E-state index in [4.69, 9.17) is 11.6 Å². The van der Waals surface area contributed by atoms with Gasteiger partial charge in [-0.3, -0.25) is 0 Å². The molecule has 0 saturated carbocycles. The summed E-state index contributed by atoms with van der Waals surface area (Å²) >= 11 is 6.07. The lowest BCUT2D eigenvalue weighted by Crippen LogP contribution is -2.00. The summed E-state index contributed by atoms with van der Waals surface area (Å²) in [5.74, 6) is 0. The third-order valence-electron chi connectivity index (χ3n) is 2.82. The molecule has 0 saturated heterocycles. The van der Waals surface area contributed by atoms with E-state index in [1.165, 1.54) is 43.4 Å². The highest BCUT2D eigenvalue weighted by Gasteiger charge is 2.10. The highest BCUT2D eigenvalue weighted by atomic mass is 35.5. The third kappa shape index (κ3) is 2.24. The summed E-state index contributed by atoms with van der Waals surface area (Å²) < 4.78 is 0. The fourth-order valence-electron chi connectivity index (χ4n) is 2.01. The average molecular weight is 211 g/mol. The predicted octanol–water partition coefficient (Wildman–Crippen LogP) is 3.18. The van der Waals surface area contributed by atoms with Crippen LogP contribution in [-0.4, -0.2) is 9.97 Å². The molecule has 2 rings (SSSR count). The van der Waals surface area contributed by atoms with Crippen LogP contribution in [0.2, 0.25) is 5.15 Å². The van der Waals surface area contributed by atoms with Gasteiger partial charge in [-0.05, 0) is 25.7 Å². The van der Waals surface area contributed by atoms with E-state index in [1.54, 1.807) is 6.33 Å². The van der Waals surface area contributed by atoms with Crippen LogP contribution >= 0.6 is 11.6 Å². The van der Waals surface area contributed by atoms with Crippen LogP contribution in [-0.2, 0) is 12.8 Å². The van der Waals surface area contributed by atoms with E-state index in [0.717, 1.165) is 12.8 Å². The molecule has 0 radical (unpaired) electrons. The average Bonchev–Trinajstić information content (AvgIpc) is 2.30. The highest BCUT2D eigenvalue weighted by Crippen LogP contribution is 2.22. The van der Waals surface area contributed by atoms with Gasteiger partial charge in [0.2, 0.25) is 0 Å². The minimum Gasteiger partial charge on any atom is -0.241 e. The number of hydrogen-bond acceptors (Lipinski definition) is 2. The van der Waals surface area contributed by atoms with Gasteiger partial charge in [0.1, 0.15) is 11.5 Å². The van der Waals surface area contributed by atoms with Crippen LogP contribution in [0.15, 0.2) is 6.33 Å². The van der Waals surface area contributed by atoms with Gasteiger partial charge in [0.05, 0.1) is 0 Å². The van der Waals surface area contributed by atoms with Crippen LogP contribution in [0.5, 0.6) is 0 Å². The number of fused-ring (bicyclic) bond motifs is 1.